The molecule has 2 aromatic rings. The molecule has 0 radical (unpaired) electrons. The molecule has 140 valence electrons. The van der Waals surface area contributed by atoms with E-state index in [1.165, 1.54) is 24.3 Å². The Labute approximate surface area is 154 Å². The summed E-state index contributed by atoms with van der Waals surface area (Å²) in [5.74, 6) is 0.232. The first-order valence-electron chi connectivity index (χ1n) is 8.51. The summed E-state index contributed by atoms with van der Waals surface area (Å²) >= 11 is 0. The van der Waals surface area contributed by atoms with E-state index in [4.69, 9.17) is 4.74 Å². The summed E-state index contributed by atoms with van der Waals surface area (Å²) in [4.78, 5) is 11.9. The molecule has 6 nitrogen and oxygen atoms in total. The molecule has 0 aliphatic rings. The number of ether oxygens (including phenoxy) is 1. The fourth-order valence-corrected chi connectivity index (χ4v) is 3.46. The van der Waals surface area contributed by atoms with E-state index in [0.29, 0.717) is 11.4 Å². The number of nitrogens with one attached hydrogen (secondary N) is 2. The van der Waals surface area contributed by atoms with Crippen molar-refractivity contribution in [3.05, 3.63) is 54.6 Å². The highest BCUT2D eigenvalue weighted by atomic mass is 32.2. The first-order chi connectivity index (χ1) is 12.4. The van der Waals surface area contributed by atoms with Gasteiger partial charge in [0.15, 0.2) is 6.61 Å². The molecule has 26 heavy (non-hydrogen) atoms. The third-order valence-electron chi connectivity index (χ3n) is 3.66. The lowest BCUT2D eigenvalue weighted by Gasteiger charge is -2.13. The van der Waals surface area contributed by atoms with Crippen molar-refractivity contribution in [1.29, 1.82) is 0 Å². The van der Waals surface area contributed by atoms with Crippen LogP contribution in [0, 0.1) is 0 Å². The van der Waals surface area contributed by atoms with Gasteiger partial charge in [-0.2, -0.15) is 0 Å². The Morgan fingerprint density at radius 2 is 1.73 bits per heavy atom. The van der Waals surface area contributed by atoms with Crippen molar-refractivity contribution >= 4 is 21.6 Å². The molecule has 0 aliphatic carbocycles. The van der Waals surface area contributed by atoms with E-state index in [1.54, 1.807) is 24.3 Å². The number of carbonyl (C=O) groups is 1. The minimum Gasteiger partial charge on any atom is -0.484 e. The molecule has 0 fully saturated rings. The van der Waals surface area contributed by atoms with Crippen LogP contribution in [0.3, 0.4) is 0 Å². The number of amides is 1. The van der Waals surface area contributed by atoms with Crippen LogP contribution in [-0.2, 0) is 14.8 Å². The van der Waals surface area contributed by atoms with E-state index >= 15 is 0 Å². The van der Waals surface area contributed by atoms with Crippen LogP contribution in [-0.4, -0.2) is 27.0 Å². The van der Waals surface area contributed by atoms with Gasteiger partial charge >= 0.3 is 0 Å². The Morgan fingerprint density at radius 3 is 2.35 bits per heavy atom. The Morgan fingerprint density at radius 1 is 1.08 bits per heavy atom. The molecule has 0 aliphatic heterocycles. The third-order valence-corrected chi connectivity index (χ3v) is 5.06. The van der Waals surface area contributed by atoms with Gasteiger partial charge in [-0.05, 0) is 49.7 Å². The quantitative estimate of drug-likeness (QED) is 0.704. The molecule has 1 atom stereocenters. The second-order valence-corrected chi connectivity index (χ2v) is 7.67. The van der Waals surface area contributed by atoms with Gasteiger partial charge in [-0.15, -0.1) is 0 Å². The fraction of sp³-hybridized carbons (Fsp3) is 0.316. The van der Waals surface area contributed by atoms with Crippen molar-refractivity contribution in [3.8, 4) is 5.75 Å². The van der Waals surface area contributed by atoms with Gasteiger partial charge in [0, 0.05) is 11.7 Å². The normalized spacial score (nSPS) is 12.2. The molecule has 2 rings (SSSR count). The molecule has 0 bridgehead atoms. The molecular weight excluding hydrogens is 352 g/mol. The standard InChI is InChI=1S/C19H24N2O4S/c1-3-7-15(2)20-19(22)14-25-17-10-12-18(13-11-17)26(23,24)21-16-8-5-4-6-9-16/h4-6,8-13,15,21H,3,7,14H2,1-2H3,(H,20,22)/t15-/m0/s1. The molecular formula is C19H24N2O4S. The molecule has 2 N–H and O–H groups in total. The van der Waals surface area contributed by atoms with Crippen molar-refractivity contribution in [2.75, 3.05) is 11.3 Å². The van der Waals surface area contributed by atoms with Crippen molar-refractivity contribution in [1.82, 2.24) is 5.32 Å². The largest absolute Gasteiger partial charge is 0.484 e. The fourth-order valence-electron chi connectivity index (χ4n) is 2.41. The van der Waals surface area contributed by atoms with Crippen LogP contribution < -0.4 is 14.8 Å². The number of hydrogen-bond acceptors (Lipinski definition) is 4. The van der Waals surface area contributed by atoms with Gasteiger partial charge in [-0.25, -0.2) is 8.42 Å². The predicted molar refractivity (Wildman–Crippen MR) is 102 cm³/mol. The zero-order valence-corrected chi connectivity index (χ0v) is 15.8. The number of para-hydroxylation sites is 1. The average molecular weight is 376 g/mol. The monoisotopic (exact) mass is 376 g/mol. The maximum absolute atomic E-state index is 12.3. The van der Waals surface area contributed by atoms with E-state index in [2.05, 4.69) is 17.0 Å². The molecule has 0 aromatic heterocycles. The molecule has 0 saturated heterocycles. The van der Waals surface area contributed by atoms with Crippen molar-refractivity contribution in [2.45, 2.75) is 37.6 Å². The number of carbonyl (C=O) groups excluding carboxylic acids is 1. The minimum absolute atomic E-state index is 0.104. The van der Waals surface area contributed by atoms with Gasteiger partial charge in [0.05, 0.1) is 4.90 Å². The molecule has 2 aromatic carbocycles. The second kappa shape index (κ2) is 9.24. The van der Waals surface area contributed by atoms with Crippen molar-refractivity contribution < 1.29 is 17.9 Å². The summed E-state index contributed by atoms with van der Waals surface area (Å²) in [6, 6.07) is 14.7. The van der Waals surface area contributed by atoms with Crippen LogP contribution in [0.1, 0.15) is 26.7 Å². The third kappa shape index (κ3) is 6.07. The van der Waals surface area contributed by atoms with Crippen LogP contribution in [0.5, 0.6) is 5.75 Å². The van der Waals surface area contributed by atoms with Gasteiger partial charge in [-0.3, -0.25) is 9.52 Å². The molecule has 0 unspecified atom stereocenters. The average Bonchev–Trinajstić information content (AvgIpc) is 2.61. The van der Waals surface area contributed by atoms with Crippen LogP contribution in [0.2, 0.25) is 0 Å². The van der Waals surface area contributed by atoms with Crippen molar-refractivity contribution in [2.24, 2.45) is 0 Å². The lowest BCUT2D eigenvalue weighted by molar-refractivity contribution is -0.123. The topological polar surface area (TPSA) is 84.5 Å². The van der Waals surface area contributed by atoms with Gasteiger partial charge in [0.25, 0.3) is 15.9 Å². The SMILES string of the molecule is CCC[C@H](C)NC(=O)COc1ccc(S(=O)(=O)Nc2ccccc2)cc1. The van der Waals surface area contributed by atoms with Gasteiger partial charge in [0.1, 0.15) is 5.75 Å². The smallest absolute Gasteiger partial charge is 0.261 e. The minimum atomic E-state index is -3.67. The summed E-state index contributed by atoms with van der Waals surface area (Å²) < 4.78 is 32.6. The predicted octanol–water partition coefficient (Wildman–Crippen LogP) is 3.17. The summed E-state index contributed by atoms with van der Waals surface area (Å²) in [5, 5.41) is 2.84. The zero-order valence-electron chi connectivity index (χ0n) is 14.9. The highest BCUT2D eigenvalue weighted by molar-refractivity contribution is 7.92. The van der Waals surface area contributed by atoms with Gasteiger partial charge < -0.3 is 10.1 Å². The van der Waals surface area contributed by atoms with E-state index in [-0.39, 0.29) is 23.5 Å². The first-order valence-corrected chi connectivity index (χ1v) is 9.99. The van der Waals surface area contributed by atoms with E-state index < -0.39 is 10.0 Å². The lowest BCUT2D eigenvalue weighted by atomic mass is 10.2. The molecule has 0 heterocycles. The maximum Gasteiger partial charge on any atom is 0.261 e. The van der Waals surface area contributed by atoms with E-state index in [9.17, 15) is 13.2 Å². The Hall–Kier alpha value is -2.54. The van der Waals surface area contributed by atoms with E-state index in [0.717, 1.165) is 12.8 Å². The molecule has 0 saturated carbocycles. The van der Waals surface area contributed by atoms with Crippen LogP contribution in [0.25, 0.3) is 0 Å². The number of rotatable bonds is 9. The zero-order chi connectivity index (χ0) is 19.0. The van der Waals surface area contributed by atoms with Gasteiger partial charge in [0.2, 0.25) is 0 Å². The summed E-state index contributed by atoms with van der Waals surface area (Å²) in [5.41, 5.74) is 0.491. The van der Waals surface area contributed by atoms with Crippen LogP contribution >= 0.6 is 0 Å². The molecule has 7 heteroatoms. The number of anilines is 1. The first kappa shape index (κ1) is 19.8. The second-order valence-electron chi connectivity index (χ2n) is 5.99. The summed E-state index contributed by atoms with van der Waals surface area (Å²) in [6.45, 7) is 3.89. The highest BCUT2D eigenvalue weighted by Crippen LogP contribution is 2.19. The molecule has 0 spiro atoms. The van der Waals surface area contributed by atoms with Gasteiger partial charge in [-0.1, -0.05) is 31.5 Å². The van der Waals surface area contributed by atoms with E-state index in [1.807, 2.05) is 13.0 Å². The number of sulfonamides is 1. The summed E-state index contributed by atoms with van der Waals surface area (Å²) in [7, 11) is -3.67. The lowest BCUT2D eigenvalue weighted by Crippen LogP contribution is -2.35. The Kier molecular flexibility index (Phi) is 7.03. The Bertz CT molecular complexity index is 805. The maximum atomic E-state index is 12.3. The molecule has 1 amide bonds. The number of benzene rings is 2. The Balaban J connectivity index is 1.92. The van der Waals surface area contributed by atoms with Crippen LogP contribution in [0.15, 0.2) is 59.5 Å². The number of hydrogen-bond donors (Lipinski definition) is 2. The van der Waals surface area contributed by atoms with Crippen molar-refractivity contribution in [3.63, 3.8) is 0 Å². The van der Waals surface area contributed by atoms with Crippen LogP contribution in [0.4, 0.5) is 5.69 Å². The summed E-state index contributed by atoms with van der Waals surface area (Å²) in [6.07, 6.45) is 1.90. The highest BCUT2D eigenvalue weighted by Gasteiger charge is 2.14.